The van der Waals surface area contributed by atoms with Crippen LogP contribution in [0.15, 0.2) is 84.9 Å². The Labute approximate surface area is 129 Å². The van der Waals surface area contributed by atoms with Gasteiger partial charge in [0.05, 0.1) is 0 Å². The Bertz CT molecular complexity index is 984. The van der Waals surface area contributed by atoms with Crippen LogP contribution in [0.4, 0.5) is 0 Å². The topological polar surface area (TPSA) is 0 Å². The third-order valence-corrected chi connectivity index (χ3v) is 4.61. The SMILES string of the molecule is c1ccc2c3ccc4c5ccccc5cc-4ccc-3cc2c1. The predicted molar refractivity (Wildman–Crippen MR) is 94.7 cm³/mol. The molecule has 0 aliphatic heterocycles. The van der Waals surface area contributed by atoms with Crippen LogP contribution in [0, 0.1) is 0 Å². The monoisotopic (exact) mass is 278 g/mol. The third kappa shape index (κ3) is 1.58. The fraction of sp³-hybridized carbons (Fsp3) is 0. The summed E-state index contributed by atoms with van der Waals surface area (Å²) in [5.41, 5.74) is 5.24. The van der Waals surface area contributed by atoms with Crippen LogP contribution in [-0.2, 0) is 0 Å². The average molecular weight is 278 g/mol. The van der Waals surface area contributed by atoms with E-state index in [0.29, 0.717) is 0 Å². The second-order valence-corrected chi connectivity index (χ2v) is 5.87. The molecule has 0 heterocycles. The van der Waals surface area contributed by atoms with E-state index in [1.54, 1.807) is 0 Å². The first kappa shape index (κ1) is 11.8. The molecule has 0 atom stereocenters. The number of fused-ring (bicyclic) bond motifs is 6. The summed E-state index contributed by atoms with van der Waals surface area (Å²) in [4.78, 5) is 0. The second-order valence-electron chi connectivity index (χ2n) is 5.87. The van der Waals surface area contributed by atoms with Gasteiger partial charge in [0.25, 0.3) is 0 Å². The third-order valence-electron chi connectivity index (χ3n) is 4.61. The Morgan fingerprint density at radius 1 is 0.409 bits per heavy atom. The van der Waals surface area contributed by atoms with E-state index in [1.165, 1.54) is 43.8 Å². The summed E-state index contributed by atoms with van der Waals surface area (Å²) in [6, 6.07) is 30.8. The molecule has 0 heteroatoms. The molecule has 0 fully saturated rings. The van der Waals surface area contributed by atoms with E-state index in [9.17, 15) is 0 Å². The van der Waals surface area contributed by atoms with E-state index in [4.69, 9.17) is 0 Å². The Hall–Kier alpha value is -2.86. The van der Waals surface area contributed by atoms with E-state index >= 15 is 0 Å². The molecule has 0 aromatic heterocycles. The molecule has 0 bridgehead atoms. The molecule has 0 radical (unpaired) electrons. The number of benzene rings is 2. The molecule has 0 unspecified atom stereocenters. The zero-order chi connectivity index (χ0) is 14.5. The minimum atomic E-state index is 1.30. The van der Waals surface area contributed by atoms with Crippen molar-refractivity contribution in [2.45, 2.75) is 0 Å². The number of hydrogen-bond donors (Lipinski definition) is 0. The van der Waals surface area contributed by atoms with Gasteiger partial charge in [-0.25, -0.2) is 0 Å². The smallest absolute Gasteiger partial charge is 0.0105 e. The first-order chi connectivity index (χ1) is 10.9. The van der Waals surface area contributed by atoms with Gasteiger partial charge in [-0.2, -0.15) is 0 Å². The molecule has 0 nitrogen and oxygen atoms in total. The van der Waals surface area contributed by atoms with E-state index < -0.39 is 0 Å². The van der Waals surface area contributed by atoms with Crippen molar-refractivity contribution < 1.29 is 0 Å². The molecule has 0 amide bonds. The van der Waals surface area contributed by atoms with Gasteiger partial charge < -0.3 is 0 Å². The van der Waals surface area contributed by atoms with Crippen LogP contribution in [0.25, 0.3) is 43.8 Å². The van der Waals surface area contributed by atoms with E-state index in [0.717, 1.165) is 0 Å². The van der Waals surface area contributed by atoms with Gasteiger partial charge in [-0.05, 0) is 55.9 Å². The van der Waals surface area contributed by atoms with Crippen LogP contribution >= 0.6 is 0 Å². The maximum atomic E-state index is 2.28. The standard InChI is InChI=1S/C22H14/c1-3-7-19-15(5-1)13-17-9-10-18-14-16-6-2-4-8-20(16)22(18)12-11-21(17)19/h1-14H. The van der Waals surface area contributed by atoms with Crippen LogP contribution in [0.2, 0.25) is 0 Å². The van der Waals surface area contributed by atoms with E-state index in [1.807, 2.05) is 0 Å². The maximum absolute atomic E-state index is 2.28. The van der Waals surface area contributed by atoms with Crippen molar-refractivity contribution in [3.63, 3.8) is 0 Å². The summed E-state index contributed by atoms with van der Waals surface area (Å²) in [5.74, 6) is 0. The van der Waals surface area contributed by atoms with Gasteiger partial charge in [0.1, 0.15) is 0 Å². The predicted octanol–water partition coefficient (Wildman–Crippen LogP) is 6.20. The zero-order valence-corrected chi connectivity index (χ0v) is 12.1. The highest BCUT2D eigenvalue weighted by Crippen LogP contribution is 2.37. The largest absolute Gasteiger partial charge is 0.0616 e. The van der Waals surface area contributed by atoms with Crippen LogP contribution in [0.5, 0.6) is 0 Å². The minimum Gasteiger partial charge on any atom is -0.0616 e. The first-order valence-electron chi connectivity index (χ1n) is 7.63. The molecule has 0 saturated carbocycles. The first-order valence-corrected chi connectivity index (χ1v) is 7.63. The lowest BCUT2D eigenvalue weighted by Crippen LogP contribution is -1.74. The van der Waals surface area contributed by atoms with Crippen LogP contribution in [0.3, 0.4) is 0 Å². The quantitative estimate of drug-likeness (QED) is 0.316. The molecule has 3 aliphatic carbocycles. The Kier molecular flexibility index (Phi) is 2.31. The van der Waals surface area contributed by atoms with Crippen LogP contribution in [-0.4, -0.2) is 0 Å². The molecule has 102 valence electrons. The van der Waals surface area contributed by atoms with Crippen LogP contribution in [0.1, 0.15) is 0 Å². The molecule has 22 heavy (non-hydrogen) atoms. The molecule has 0 saturated heterocycles. The summed E-state index contributed by atoms with van der Waals surface area (Å²) in [6.07, 6.45) is 0. The van der Waals surface area contributed by atoms with Crippen molar-refractivity contribution in [2.24, 2.45) is 0 Å². The maximum Gasteiger partial charge on any atom is -0.0105 e. The van der Waals surface area contributed by atoms with Crippen LogP contribution < -0.4 is 0 Å². The lowest BCUT2D eigenvalue weighted by Gasteiger charge is -2.00. The van der Waals surface area contributed by atoms with Gasteiger partial charge in [-0.15, -0.1) is 0 Å². The molecule has 3 aliphatic rings. The van der Waals surface area contributed by atoms with Gasteiger partial charge >= 0.3 is 0 Å². The molecule has 0 spiro atoms. The Balaban J connectivity index is 1.92. The van der Waals surface area contributed by atoms with Crippen molar-refractivity contribution in [3.8, 4) is 22.3 Å². The van der Waals surface area contributed by atoms with E-state index in [2.05, 4.69) is 84.9 Å². The van der Waals surface area contributed by atoms with E-state index in [-0.39, 0.29) is 0 Å². The summed E-state index contributed by atoms with van der Waals surface area (Å²) < 4.78 is 0. The highest BCUT2D eigenvalue weighted by atomic mass is 14.1. The highest BCUT2D eigenvalue weighted by Gasteiger charge is 2.11. The molecule has 2 aromatic carbocycles. The Morgan fingerprint density at radius 2 is 0.864 bits per heavy atom. The molecular weight excluding hydrogens is 264 g/mol. The van der Waals surface area contributed by atoms with Gasteiger partial charge in [0.15, 0.2) is 0 Å². The fourth-order valence-corrected chi connectivity index (χ4v) is 3.53. The number of hydrogen-bond acceptors (Lipinski definition) is 0. The Morgan fingerprint density at radius 3 is 1.36 bits per heavy atom. The zero-order valence-electron chi connectivity index (χ0n) is 12.1. The molecule has 5 rings (SSSR count). The molecule has 2 aromatic rings. The van der Waals surface area contributed by atoms with Gasteiger partial charge in [-0.1, -0.05) is 72.8 Å². The molecule has 0 N–H and O–H groups in total. The van der Waals surface area contributed by atoms with Crippen molar-refractivity contribution in [1.82, 2.24) is 0 Å². The highest BCUT2D eigenvalue weighted by molar-refractivity contribution is 6.05. The fourth-order valence-electron chi connectivity index (χ4n) is 3.53. The molecular formula is C22H14. The van der Waals surface area contributed by atoms with Crippen molar-refractivity contribution >= 4 is 21.5 Å². The summed E-state index contributed by atoms with van der Waals surface area (Å²) in [7, 11) is 0. The number of rotatable bonds is 0. The van der Waals surface area contributed by atoms with Crippen molar-refractivity contribution in [2.75, 3.05) is 0 Å². The van der Waals surface area contributed by atoms with Crippen molar-refractivity contribution in [3.05, 3.63) is 84.9 Å². The minimum absolute atomic E-state index is 1.30. The summed E-state index contributed by atoms with van der Waals surface area (Å²) >= 11 is 0. The lowest BCUT2D eigenvalue weighted by atomic mass is 10.0. The average Bonchev–Trinajstić information content (AvgIpc) is 3.06. The van der Waals surface area contributed by atoms with Crippen molar-refractivity contribution in [1.29, 1.82) is 0 Å². The second kappa shape index (κ2) is 4.32. The van der Waals surface area contributed by atoms with Gasteiger partial charge in [-0.3, -0.25) is 0 Å². The lowest BCUT2D eigenvalue weighted by molar-refractivity contribution is 1.72. The van der Waals surface area contributed by atoms with Gasteiger partial charge in [0.2, 0.25) is 0 Å². The summed E-state index contributed by atoms with van der Waals surface area (Å²) in [5, 5.41) is 5.29. The van der Waals surface area contributed by atoms with Gasteiger partial charge in [0, 0.05) is 0 Å². The summed E-state index contributed by atoms with van der Waals surface area (Å²) in [6.45, 7) is 0. The normalized spacial score (nSPS) is 11.6.